The minimum atomic E-state index is -4.99. The lowest BCUT2D eigenvalue weighted by Gasteiger charge is -2.37. The number of amides is 2. The largest absolute Gasteiger partial charge is 0.416 e. The molecule has 3 N–H and O–H groups in total. The second kappa shape index (κ2) is 9.90. The summed E-state index contributed by atoms with van der Waals surface area (Å²) in [5.74, 6) is -0.959. The highest BCUT2D eigenvalue weighted by Gasteiger charge is 2.37. The Morgan fingerprint density at radius 2 is 1.45 bits per heavy atom. The molecule has 5 nitrogen and oxygen atoms in total. The highest BCUT2D eigenvalue weighted by molar-refractivity contribution is 5.91. The number of alkyl halides is 6. The fraction of sp³-hybridized carbons (Fsp3) is 0.636. The van der Waals surface area contributed by atoms with Crippen LogP contribution in [0, 0.1) is 11.8 Å². The highest BCUT2D eigenvalue weighted by atomic mass is 19.4. The van der Waals surface area contributed by atoms with Crippen molar-refractivity contribution in [3.05, 3.63) is 29.3 Å². The number of carbonyl (C=O) groups is 2. The molecule has 33 heavy (non-hydrogen) atoms. The van der Waals surface area contributed by atoms with Crippen LogP contribution in [0.3, 0.4) is 0 Å². The first kappa shape index (κ1) is 25.3. The number of carbonyl (C=O) groups excluding carboxylic acids is 2. The Morgan fingerprint density at radius 1 is 0.909 bits per heavy atom. The van der Waals surface area contributed by atoms with Gasteiger partial charge in [-0.1, -0.05) is 12.8 Å². The SMILES string of the molecule is N[C@H]1CCCC[C@H]1C(=O)N1CCC(CC(=O)Nc2cc(C(F)(F)F)cc(C(F)(F)F)c2)CC1. The van der Waals surface area contributed by atoms with Crippen LogP contribution in [0.4, 0.5) is 32.0 Å². The summed E-state index contributed by atoms with van der Waals surface area (Å²) in [5.41, 5.74) is 2.56. The number of benzene rings is 1. The molecule has 1 aliphatic heterocycles. The van der Waals surface area contributed by atoms with Crippen LogP contribution >= 0.6 is 0 Å². The molecule has 0 aromatic heterocycles. The predicted octanol–water partition coefficient (Wildman–Crippen LogP) is 4.81. The van der Waals surface area contributed by atoms with E-state index in [1.54, 1.807) is 4.90 Å². The molecule has 0 bridgehead atoms. The lowest BCUT2D eigenvalue weighted by atomic mass is 9.83. The molecule has 2 atom stereocenters. The lowest BCUT2D eigenvalue weighted by molar-refractivity contribution is -0.143. The first-order valence-electron chi connectivity index (χ1n) is 11.0. The predicted molar refractivity (Wildman–Crippen MR) is 109 cm³/mol. The Labute approximate surface area is 187 Å². The van der Waals surface area contributed by atoms with E-state index in [9.17, 15) is 35.9 Å². The van der Waals surface area contributed by atoms with Crippen LogP contribution in [-0.4, -0.2) is 35.8 Å². The number of piperidine rings is 1. The Hall–Kier alpha value is -2.30. The van der Waals surface area contributed by atoms with Gasteiger partial charge in [-0.05, 0) is 49.8 Å². The van der Waals surface area contributed by atoms with Gasteiger partial charge in [0.05, 0.1) is 17.0 Å². The third-order valence-electron chi connectivity index (χ3n) is 6.41. The van der Waals surface area contributed by atoms with Crippen LogP contribution in [0.2, 0.25) is 0 Å². The molecule has 2 amide bonds. The molecule has 2 aliphatic rings. The number of rotatable bonds is 4. The van der Waals surface area contributed by atoms with Crippen molar-refractivity contribution in [3.63, 3.8) is 0 Å². The second-order valence-electron chi connectivity index (χ2n) is 8.87. The number of halogens is 6. The van der Waals surface area contributed by atoms with Crippen molar-refractivity contribution < 1.29 is 35.9 Å². The smallest absolute Gasteiger partial charge is 0.342 e. The molecule has 1 aliphatic carbocycles. The normalized spacial score (nSPS) is 22.8. The molecular formula is C22H27F6N3O2. The number of nitrogens with one attached hydrogen (secondary N) is 1. The van der Waals surface area contributed by atoms with Crippen molar-refractivity contribution in [2.45, 2.75) is 63.3 Å². The topological polar surface area (TPSA) is 75.4 Å². The van der Waals surface area contributed by atoms with Crippen molar-refractivity contribution in [1.82, 2.24) is 4.90 Å². The zero-order valence-corrected chi connectivity index (χ0v) is 17.9. The maximum atomic E-state index is 13.0. The number of anilines is 1. The summed E-state index contributed by atoms with van der Waals surface area (Å²) in [4.78, 5) is 26.8. The Balaban J connectivity index is 1.57. The average molecular weight is 479 g/mol. The van der Waals surface area contributed by atoms with Gasteiger partial charge in [-0.2, -0.15) is 26.3 Å². The van der Waals surface area contributed by atoms with E-state index in [1.807, 2.05) is 0 Å². The highest BCUT2D eigenvalue weighted by Crippen LogP contribution is 2.37. The van der Waals surface area contributed by atoms with E-state index in [2.05, 4.69) is 5.32 Å². The van der Waals surface area contributed by atoms with Gasteiger partial charge in [0.2, 0.25) is 11.8 Å². The summed E-state index contributed by atoms with van der Waals surface area (Å²) in [5, 5.41) is 2.17. The van der Waals surface area contributed by atoms with Gasteiger partial charge in [0.15, 0.2) is 0 Å². The van der Waals surface area contributed by atoms with Crippen LogP contribution < -0.4 is 11.1 Å². The van der Waals surface area contributed by atoms with E-state index < -0.39 is 35.1 Å². The average Bonchev–Trinajstić information content (AvgIpc) is 2.72. The first-order chi connectivity index (χ1) is 15.3. The molecule has 1 saturated carbocycles. The monoisotopic (exact) mass is 479 g/mol. The molecular weight excluding hydrogens is 452 g/mol. The van der Waals surface area contributed by atoms with Crippen molar-refractivity contribution in [3.8, 4) is 0 Å². The second-order valence-corrected chi connectivity index (χ2v) is 8.87. The summed E-state index contributed by atoms with van der Waals surface area (Å²) in [7, 11) is 0. The van der Waals surface area contributed by atoms with Crippen LogP contribution in [0.1, 0.15) is 56.1 Å². The van der Waals surface area contributed by atoms with Gasteiger partial charge in [-0.3, -0.25) is 9.59 Å². The third-order valence-corrected chi connectivity index (χ3v) is 6.41. The van der Waals surface area contributed by atoms with Gasteiger partial charge < -0.3 is 16.0 Å². The van der Waals surface area contributed by atoms with Crippen LogP contribution in [0.15, 0.2) is 18.2 Å². The fourth-order valence-corrected chi connectivity index (χ4v) is 4.56. The fourth-order valence-electron chi connectivity index (χ4n) is 4.56. The Morgan fingerprint density at radius 3 is 1.97 bits per heavy atom. The van der Waals surface area contributed by atoms with Crippen molar-refractivity contribution in [1.29, 1.82) is 0 Å². The Bertz CT molecular complexity index is 830. The van der Waals surface area contributed by atoms with Gasteiger partial charge in [-0.15, -0.1) is 0 Å². The third kappa shape index (κ3) is 6.61. The maximum Gasteiger partial charge on any atom is 0.416 e. The molecule has 1 saturated heterocycles. The van der Waals surface area contributed by atoms with Gasteiger partial charge >= 0.3 is 12.4 Å². The van der Waals surface area contributed by atoms with E-state index in [-0.39, 0.29) is 36.3 Å². The minimum absolute atomic E-state index is 0.0145. The number of nitrogens with two attached hydrogens (primary N) is 1. The molecule has 1 aromatic rings. The molecule has 0 radical (unpaired) electrons. The summed E-state index contributed by atoms with van der Waals surface area (Å²) in [6.45, 7) is 0.892. The zero-order chi connectivity index (χ0) is 24.4. The number of nitrogens with zero attached hydrogens (tertiary/aromatic N) is 1. The summed E-state index contributed by atoms with van der Waals surface area (Å²) in [6, 6.07) is 0.841. The van der Waals surface area contributed by atoms with E-state index >= 15 is 0 Å². The van der Waals surface area contributed by atoms with Crippen molar-refractivity contribution in [2.75, 3.05) is 18.4 Å². The number of hydrogen-bond acceptors (Lipinski definition) is 3. The molecule has 1 aromatic carbocycles. The van der Waals surface area contributed by atoms with E-state index in [4.69, 9.17) is 5.73 Å². The number of likely N-dealkylation sites (tertiary alicyclic amines) is 1. The number of hydrogen-bond donors (Lipinski definition) is 2. The molecule has 3 rings (SSSR count). The maximum absolute atomic E-state index is 13.0. The van der Waals surface area contributed by atoms with Gasteiger partial charge in [-0.25, -0.2) is 0 Å². The molecule has 0 unspecified atom stereocenters. The van der Waals surface area contributed by atoms with E-state index in [1.165, 1.54) is 0 Å². The summed E-state index contributed by atoms with van der Waals surface area (Å²) < 4.78 is 77.9. The summed E-state index contributed by atoms with van der Waals surface area (Å²) in [6.07, 6.45) is -5.41. The summed E-state index contributed by atoms with van der Waals surface area (Å²) >= 11 is 0. The quantitative estimate of drug-likeness (QED) is 0.609. The van der Waals surface area contributed by atoms with Crippen LogP contribution in [0.5, 0.6) is 0 Å². The molecule has 184 valence electrons. The van der Waals surface area contributed by atoms with E-state index in [0.29, 0.717) is 38.1 Å². The standard InChI is InChI=1S/C22H27F6N3O2/c23-21(24,25)14-10-15(22(26,27)28)12-16(11-14)30-19(32)9-13-5-7-31(8-6-13)20(33)17-3-1-2-4-18(17)29/h10-13,17-18H,1-9,29H2,(H,30,32)/t17-,18+/m1/s1. The zero-order valence-electron chi connectivity index (χ0n) is 17.9. The molecule has 1 heterocycles. The first-order valence-corrected chi connectivity index (χ1v) is 11.0. The Kier molecular flexibility index (Phi) is 7.60. The van der Waals surface area contributed by atoms with Crippen molar-refractivity contribution >= 4 is 17.5 Å². The van der Waals surface area contributed by atoms with Gasteiger partial charge in [0.25, 0.3) is 0 Å². The van der Waals surface area contributed by atoms with Crippen molar-refractivity contribution in [2.24, 2.45) is 17.6 Å². The molecule has 2 fully saturated rings. The van der Waals surface area contributed by atoms with Gasteiger partial charge in [0.1, 0.15) is 0 Å². The minimum Gasteiger partial charge on any atom is -0.342 e. The van der Waals surface area contributed by atoms with Gasteiger partial charge in [0, 0.05) is 31.2 Å². The lowest BCUT2D eigenvalue weighted by Crippen LogP contribution is -2.48. The molecule has 11 heteroatoms. The van der Waals surface area contributed by atoms with Crippen LogP contribution in [0.25, 0.3) is 0 Å². The molecule has 0 spiro atoms. The van der Waals surface area contributed by atoms with E-state index in [0.717, 1.165) is 25.7 Å². The van der Waals surface area contributed by atoms with Crippen LogP contribution in [-0.2, 0) is 21.9 Å².